The van der Waals surface area contributed by atoms with E-state index in [2.05, 4.69) is 0 Å². The van der Waals surface area contributed by atoms with Gasteiger partial charge in [0.25, 0.3) is 0 Å². The summed E-state index contributed by atoms with van der Waals surface area (Å²) >= 11 is 0. The third-order valence-corrected chi connectivity index (χ3v) is 7.99. The van der Waals surface area contributed by atoms with Gasteiger partial charge in [-0.05, 0) is 86.1 Å². The maximum absolute atomic E-state index is 10.1. The van der Waals surface area contributed by atoms with Crippen molar-refractivity contribution < 1.29 is 52.4 Å². The molecule has 0 aliphatic rings. The Morgan fingerprint density at radius 1 is 0.333 bits per heavy atom. The Morgan fingerprint density at radius 3 is 1.28 bits per heavy atom. The van der Waals surface area contributed by atoms with Crippen molar-refractivity contribution in [2.75, 3.05) is 4.90 Å². The second kappa shape index (κ2) is 13.4. The predicted octanol–water partition coefficient (Wildman–Crippen LogP) is 14.9. The summed E-state index contributed by atoms with van der Waals surface area (Å²) in [6.45, 7) is 0. The molecule has 0 fully saturated rings. The third kappa shape index (κ3) is 5.53. The Bertz CT molecular complexity index is 4660. The van der Waals surface area contributed by atoms with Gasteiger partial charge < -0.3 is 9.32 Å². The van der Waals surface area contributed by atoms with Crippen LogP contribution in [0.15, 0.2) is 216 Å². The fourth-order valence-electron chi connectivity index (χ4n) is 5.68. The van der Waals surface area contributed by atoms with Crippen molar-refractivity contribution in [2.24, 2.45) is 0 Å². The molecule has 0 N–H and O–H groups in total. The highest BCUT2D eigenvalue weighted by atomic mass is 16.3. The second-order valence-electron chi connectivity index (χ2n) is 11.0. The van der Waals surface area contributed by atoms with Crippen LogP contribution in [0.4, 0.5) is 17.1 Å². The highest BCUT2D eigenvalue weighted by Crippen LogP contribution is 2.48. The molecule has 2 nitrogen and oxygen atoms in total. The van der Waals surface area contributed by atoms with E-state index in [1.807, 2.05) is 0 Å². The van der Waals surface area contributed by atoms with E-state index in [1.54, 1.807) is 0 Å². The van der Waals surface area contributed by atoms with E-state index in [-0.39, 0.29) is 4.90 Å². The van der Waals surface area contributed by atoms with Crippen LogP contribution in [0.25, 0.3) is 77.2 Å². The summed E-state index contributed by atoms with van der Waals surface area (Å²) in [5, 5.41) is -3.36. The summed E-state index contributed by atoms with van der Waals surface area (Å²) in [4.78, 5) is 0.285. The number of hydrogen-bond acceptors (Lipinski definition) is 2. The summed E-state index contributed by atoms with van der Waals surface area (Å²) in [6, 6.07) is -39.0. The van der Waals surface area contributed by atoms with Crippen LogP contribution >= 0.6 is 0 Å². The van der Waals surface area contributed by atoms with Gasteiger partial charge in [0.2, 0.25) is 0 Å². The quantitative estimate of drug-likeness (QED) is 0.163. The smallest absolute Gasteiger partial charge is 0.160 e. The van der Waals surface area contributed by atoms with Crippen molar-refractivity contribution in [1.29, 1.82) is 0 Å². The summed E-state index contributed by atoms with van der Waals surface area (Å²) in [5.41, 5.74) is -13.2. The standard InChI is InChI=1S/C52H35NO/c1-5-15-36(16-6-1)38-25-29-42(30-26-38)53(43-31-27-39(28-32-43)37-17-7-2-8-18-37)49-34-33-44(40-19-9-3-10-20-40)50-48-35-47(41-21-11-4-12-22-41)45-23-13-14-24-46(45)51(48)54-52(49)50/h1-35H/i1D,2D,3D,4D,5D,6D,7D,8D,9D,10D,11D,12D,13D,14D,15D,16D,17D,18D,19D,20D,21D,22D,23D,24D,25D,26D,27D,28D,29D,30D,31D,32D,33D,34D,35D. The summed E-state index contributed by atoms with van der Waals surface area (Å²) in [6.07, 6.45) is 0. The fraction of sp³-hybridized carbons (Fsp3) is 0. The molecule has 1 aromatic heterocycles. The summed E-state index contributed by atoms with van der Waals surface area (Å²) < 4.78 is 322. The lowest BCUT2D eigenvalue weighted by Crippen LogP contribution is -2.10. The topological polar surface area (TPSA) is 16.4 Å². The van der Waals surface area contributed by atoms with E-state index in [0.29, 0.717) is 0 Å². The molecule has 2 heteroatoms. The molecule has 0 spiro atoms. The summed E-state index contributed by atoms with van der Waals surface area (Å²) in [7, 11) is 0. The molecular weight excluding hydrogens is 655 g/mol. The average molecular weight is 725 g/mol. The number of nitrogens with zero attached hydrogens (tertiary/aromatic N) is 1. The monoisotopic (exact) mass is 724 g/mol. The zero-order chi connectivity index (χ0) is 66.3. The zero-order valence-corrected chi connectivity index (χ0v) is 26.9. The molecular formula is C52H35NO. The first-order valence-corrected chi connectivity index (χ1v) is 15.6. The van der Waals surface area contributed by atoms with Gasteiger partial charge in [-0.3, -0.25) is 0 Å². The van der Waals surface area contributed by atoms with Gasteiger partial charge in [-0.2, -0.15) is 0 Å². The fourth-order valence-corrected chi connectivity index (χ4v) is 5.68. The molecule has 10 aromatic rings. The molecule has 0 saturated heterocycles. The molecule has 54 heavy (non-hydrogen) atoms. The summed E-state index contributed by atoms with van der Waals surface area (Å²) in [5.74, 6) is 0. The number of fused-ring (bicyclic) bond motifs is 5. The number of anilines is 3. The Morgan fingerprint density at radius 2 is 0.759 bits per heavy atom. The SMILES string of the molecule is [2H]c1c([2H])c([2H])c(-c2c([2H])c([2H])c(N(c3c([2H])c([2H])c(-c4c([2H])c([2H])c([2H])c([2H])c4[2H])c([2H])c3[2H])c3c([2H])c([2H])c(-c4c([2H])c([2H])c([2H])c([2H])c4[2H])c4c3oc3c5c([2H])c([2H])c([2H])c([2H])c5c(-c5c([2H])c([2H])c([2H])c([2H])c5[2H])c([2H])c34)c([2H])c2[2H])c([2H])c1[2H]. The average Bonchev–Trinajstić information content (AvgIpc) is 1.64. The van der Waals surface area contributed by atoms with E-state index in [9.17, 15) is 20.6 Å². The van der Waals surface area contributed by atoms with Gasteiger partial charge >= 0.3 is 0 Å². The van der Waals surface area contributed by atoms with Crippen molar-refractivity contribution in [3.63, 3.8) is 0 Å². The van der Waals surface area contributed by atoms with Crippen LogP contribution in [0.2, 0.25) is 0 Å². The van der Waals surface area contributed by atoms with Gasteiger partial charge in [0.15, 0.2) is 5.58 Å². The molecule has 0 aliphatic carbocycles. The minimum atomic E-state index is -1.37. The van der Waals surface area contributed by atoms with E-state index in [0.717, 1.165) is 0 Å². The molecule has 10 rings (SSSR count). The molecule has 0 atom stereocenters. The van der Waals surface area contributed by atoms with Crippen molar-refractivity contribution in [1.82, 2.24) is 0 Å². The first kappa shape index (κ1) is 11.9. The first-order valence-electron chi connectivity index (χ1n) is 33.1. The van der Waals surface area contributed by atoms with Gasteiger partial charge in [0.05, 0.1) is 53.7 Å². The Kier molecular flexibility index (Phi) is 2.97. The van der Waals surface area contributed by atoms with E-state index >= 15 is 0 Å². The van der Waals surface area contributed by atoms with Crippen LogP contribution in [-0.2, 0) is 0 Å². The molecule has 0 radical (unpaired) electrons. The number of benzene rings is 9. The molecule has 0 aliphatic heterocycles. The first-order chi connectivity index (χ1) is 41.4. The maximum Gasteiger partial charge on any atom is 0.160 e. The van der Waals surface area contributed by atoms with Gasteiger partial charge in [-0.25, -0.2) is 0 Å². The van der Waals surface area contributed by atoms with E-state index in [1.165, 1.54) is 0 Å². The maximum atomic E-state index is 10.1. The zero-order valence-electron chi connectivity index (χ0n) is 61.9. The highest BCUT2D eigenvalue weighted by Gasteiger charge is 2.24. The molecule has 0 unspecified atom stereocenters. The molecule has 9 aromatic carbocycles. The number of hydrogen-bond donors (Lipinski definition) is 0. The molecule has 0 amide bonds. The highest BCUT2D eigenvalue weighted by molar-refractivity contribution is 6.24. The van der Waals surface area contributed by atoms with E-state index < -0.39 is 306 Å². The number of furan rings is 1. The van der Waals surface area contributed by atoms with Gasteiger partial charge in [-0.1, -0.05) is 175 Å². The van der Waals surface area contributed by atoms with Crippen LogP contribution in [0.5, 0.6) is 0 Å². The minimum Gasteiger partial charge on any atom is -0.453 e. The van der Waals surface area contributed by atoms with Crippen LogP contribution in [-0.4, -0.2) is 0 Å². The van der Waals surface area contributed by atoms with E-state index in [4.69, 9.17) is 31.8 Å². The largest absolute Gasteiger partial charge is 0.453 e. The minimum absolute atomic E-state index is 0.285. The van der Waals surface area contributed by atoms with Gasteiger partial charge in [0, 0.05) is 27.5 Å². The Labute approximate surface area is 364 Å². The van der Waals surface area contributed by atoms with Crippen LogP contribution in [0.3, 0.4) is 0 Å². The van der Waals surface area contributed by atoms with Crippen LogP contribution < -0.4 is 4.90 Å². The van der Waals surface area contributed by atoms with Gasteiger partial charge in [-0.15, -0.1) is 0 Å². The van der Waals surface area contributed by atoms with Crippen molar-refractivity contribution in [2.45, 2.75) is 0 Å². The molecule has 0 bridgehead atoms. The van der Waals surface area contributed by atoms with Crippen molar-refractivity contribution >= 4 is 49.8 Å². The Hall–Kier alpha value is -7.16. The van der Waals surface area contributed by atoms with Crippen molar-refractivity contribution in [3.8, 4) is 44.5 Å². The van der Waals surface area contributed by atoms with Gasteiger partial charge in [0.1, 0.15) is 5.58 Å². The third-order valence-electron chi connectivity index (χ3n) is 7.99. The Balaban J connectivity index is 1.55. The lowest BCUT2D eigenvalue weighted by Gasteiger charge is -2.26. The second-order valence-corrected chi connectivity index (χ2v) is 11.0. The lowest BCUT2D eigenvalue weighted by molar-refractivity contribution is 0.673. The van der Waals surface area contributed by atoms with Crippen LogP contribution in [0, 0.1) is 0 Å². The molecule has 1 heterocycles. The van der Waals surface area contributed by atoms with Crippen molar-refractivity contribution in [3.05, 3.63) is 211 Å². The lowest BCUT2D eigenvalue weighted by atomic mass is 9.93. The van der Waals surface area contributed by atoms with Crippen LogP contribution in [0.1, 0.15) is 48.0 Å². The number of rotatable bonds is 7. The normalized spacial score (nSPS) is 20.4. The predicted molar refractivity (Wildman–Crippen MR) is 228 cm³/mol. The molecule has 254 valence electrons. The molecule has 0 saturated carbocycles.